The molecule has 0 saturated heterocycles. The van der Waals surface area contributed by atoms with Crippen LogP contribution in [0.3, 0.4) is 0 Å². The molecule has 1 rings (SSSR count). The van der Waals surface area contributed by atoms with Crippen molar-refractivity contribution in [3.05, 3.63) is 17.0 Å². The molecular formula is C16H30ClN3O3S2. The maximum atomic E-state index is 12.4. The van der Waals surface area contributed by atoms with Crippen molar-refractivity contribution >= 4 is 39.7 Å². The third kappa shape index (κ3) is 6.53. The zero-order chi connectivity index (χ0) is 18.4. The van der Waals surface area contributed by atoms with E-state index in [1.807, 2.05) is 20.8 Å². The molecule has 1 amide bonds. The third-order valence-electron chi connectivity index (χ3n) is 3.88. The van der Waals surface area contributed by atoms with Crippen LogP contribution in [0.2, 0.25) is 0 Å². The number of hydrogen-bond donors (Lipinski definition) is 2. The lowest BCUT2D eigenvalue weighted by Gasteiger charge is -2.22. The second-order valence-corrected chi connectivity index (χ2v) is 9.32. The molecule has 1 unspecified atom stereocenters. The number of halogens is 1. The van der Waals surface area contributed by atoms with Crippen molar-refractivity contribution < 1.29 is 13.2 Å². The van der Waals surface area contributed by atoms with Gasteiger partial charge in [0.2, 0.25) is 5.91 Å². The second kappa shape index (κ2) is 10.5. The highest BCUT2D eigenvalue weighted by atomic mass is 35.5. The van der Waals surface area contributed by atoms with Crippen molar-refractivity contribution in [3.63, 3.8) is 0 Å². The monoisotopic (exact) mass is 411 g/mol. The summed E-state index contributed by atoms with van der Waals surface area (Å²) in [6, 6.07) is 3.44. The molecule has 0 aromatic carbocycles. The molecule has 0 spiro atoms. The molecule has 1 aromatic heterocycles. The first-order valence-electron chi connectivity index (χ1n) is 8.35. The maximum absolute atomic E-state index is 12.4. The third-order valence-corrected chi connectivity index (χ3v) is 7.54. The van der Waals surface area contributed by atoms with Crippen LogP contribution in [0.25, 0.3) is 0 Å². The van der Waals surface area contributed by atoms with E-state index in [1.165, 1.54) is 15.6 Å². The van der Waals surface area contributed by atoms with E-state index in [0.717, 1.165) is 11.3 Å². The van der Waals surface area contributed by atoms with E-state index >= 15 is 0 Å². The van der Waals surface area contributed by atoms with Gasteiger partial charge in [-0.05, 0) is 31.9 Å². The Hall–Kier alpha value is -0.670. The van der Waals surface area contributed by atoms with E-state index in [-0.39, 0.29) is 18.3 Å². The first kappa shape index (κ1) is 24.3. The van der Waals surface area contributed by atoms with Crippen LogP contribution in [0.4, 0.5) is 0 Å². The molecule has 0 aliphatic carbocycles. The Balaban J connectivity index is 0.00000576. The molecule has 0 aliphatic heterocycles. The lowest BCUT2D eigenvalue weighted by molar-refractivity contribution is -0.126. The molecule has 0 saturated carbocycles. The van der Waals surface area contributed by atoms with Crippen LogP contribution in [0, 0.1) is 0 Å². The van der Waals surface area contributed by atoms with Crippen LogP contribution >= 0.6 is 23.7 Å². The van der Waals surface area contributed by atoms with Gasteiger partial charge in [-0.25, -0.2) is 8.42 Å². The highest BCUT2D eigenvalue weighted by Gasteiger charge is 2.27. The summed E-state index contributed by atoms with van der Waals surface area (Å²) in [6.07, 6.45) is 2.06. The number of nitrogens with one attached hydrogen (secondary N) is 1. The molecule has 0 bridgehead atoms. The Morgan fingerprint density at radius 2 is 1.88 bits per heavy atom. The van der Waals surface area contributed by atoms with Crippen LogP contribution in [-0.2, 0) is 21.2 Å². The number of amides is 1. The van der Waals surface area contributed by atoms with Crippen molar-refractivity contribution in [2.75, 3.05) is 19.6 Å². The summed E-state index contributed by atoms with van der Waals surface area (Å²) in [6.45, 7) is 8.72. The molecule has 1 atom stereocenters. The van der Waals surface area contributed by atoms with E-state index in [1.54, 1.807) is 19.1 Å². The van der Waals surface area contributed by atoms with Gasteiger partial charge in [0.25, 0.3) is 10.0 Å². The Labute approximate surface area is 161 Å². The quantitative estimate of drug-likeness (QED) is 0.618. The van der Waals surface area contributed by atoms with Crippen LogP contribution < -0.4 is 11.1 Å². The van der Waals surface area contributed by atoms with E-state index in [4.69, 9.17) is 5.73 Å². The number of nitrogens with zero attached hydrogens (tertiary/aromatic N) is 1. The minimum Gasteiger partial charge on any atom is -0.354 e. The Morgan fingerprint density at radius 1 is 1.28 bits per heavy atom. The van der Waals surface area contributed by atoms with Gasteiger partial charge in [0, 0.05) is 24.5 Å². The van der Waals surface area contributed by atoms with Crippen molar-refractivity contribution in [2.24, 2.45) is 5.73 Å². The van der Waals surface area contributed by atoms with Gasteiger partial charge in [0.15, 0.2) is 0 Å². The molecule has 0 radical (unpaired) electrons. The zero-order valence-corrected chi connectivity index (χ0v) is 17.8. The van der Waals surface area contributed by atoms with Gasteiger partial charge in [-0.3, -0.25) is 4.79 Å². The average Bonchev–Trinajstić information content (AvgIpc) is 2.97. The van der Waals surface area contributed by atoms with Crippen molar-refractivity contribution in [2.45, 2.75) is 56.7 Å². The standard InChI is InChI=1S/C16H29N3O3S2.ClH/c1-5-11-16(4,17)15(20)18-12-10-13-8-9-14(23-13)24(21,22)19(6-2)7-3;/h8-9H,5-7,10-12,17H2,1-4H3,(H,18,20);1H. The smallest absolute Gasteiger partial charge is 0.252 e. The van der Waals surface area contributed by atoms with Crippen LogP contribution in [0.1, 0.15) is 45.4 Å². The van der Waals surface area contributed by atoms with Crippen LogP contribution in [0.5, 0.6) is 0 Å². The normalized spacial score (nSPS) is 14.0. The number of carbonyl (C=O) groups excluding carboxylic acids is 1. The first-order chi connectivity index (χ1) is 11.2. The predicted molar refractivity (Wildman–Crippen MR) is 106 cm³/mol. The van der Waals surface area contributed by atoms with E-state index in [9.17, 15) is 13.2 Å². The molecular weight excluding hydrogens is 382 g/mol. The highest BCUT2D eigenvalue weighted by molar-refractivity contribution is 7.91. The lowest BCUT2D eigenvalue weighted by atomic mass is 9.96. The summed E-state index contributed by atoms with van der Waals surface area (Å²) in [7, 11) is -3.41. The van der Waals surface area contributed by atoms with E-state index in [0.29, 0.717) is 36.7 Å². The molecule has 0 aliphatic rings. The molecule has 146 valence electrons. The summed E-state index contributed by atoms with van der Waals surface area (Å²) in [4.78, 5) is 13.0. The predicted octanol–water partition coefficient (Wildman–Crippen LogP) is 2.38. The second-order valence-electron chi connectivity index (χ2n) is 5.98. The summed E-state index contributed by atoms with van der Waals surface area (Å²) >= 11 is 1.26. The summed E-state index contributed by atoms with van der Waals surface area (Å²) in [5, 5.41) is 2.83. The average molecular weight is 412 g/mol. The fourth-order valence-electron chi connectivity index (χ4n) is 2.46. The zero-order valence-electron chi connectivity index (χ0n) is 15.4. The lowest BCUT2D eigenvalue weighted by Crippen LogP contribution is -2.51. The van der Waals surface area contributed by atoms with Crippen molar-refractivity contribution in [3.8, 4) is 0 Å². The van der Waals surface area contributed by atoms with Crippen LogP contribution in [0.15, 0.2) is 16.3 Å². The number of hydrogen-bond acceptors (Lipinski definition) is 5. The highest BCUT2D eigenvalue weighted by Crippen LogP contribution is 2.25. The number of carbonyl (C=O) groups is 1. The van der Waals surface area contributed by atoms with Crippen molar-refractivity contribution in [1.82, 2.24) is 9.62 Å². The summed E-state index contributed by atoms with van der Waals surface area (Å²) < 4.78 is 26.7. The Bertz CT molecular complexity index is 641. The Kier molecular flexibility index (Phi) is 10.2. The molecule has 1 aromatic rings. The Morgan fingerprint density at radius 3 is 2.40 bits per heavy atom. The molecule has 3 N–H and O–H groups in total. The molecule has 1 heterocycles. The van der Waals surface area contributed by atoms with Gasteiger partial charge in [0.1, 0.15) is 4.21 Å². The van der Waals surface area contributed by atoms with Gasteiger partial charge in [-0.2, -0.15) is 4.31 Å². The first-order valence-corrected chi connectivity index (χ1v) is 10.6. The van der Waals surface area contributed by atoms with Gasteiger partial charge in [-0.15, -0.1) is 23.7 Å². The van der Waals surface area contributed by atoms with Gasteiger partial charge in [-0.1, -0.05) is 27.2 Å². The van der Waals surface area contributed by atoms with E-state index in [2.05, 4.69) is 5.32 Å². The fourth-order valence-corrected chi connectivity index (χ4v) is 5.42. The SMILES string of the molecule is CCCC(C)(N)C(=O)NCCc1ccc(S(=O)(=O)N(CC)CC)s1.Cl. The van der Waals surface area contributed by atoms with Gasteiger partial charge < -0.3 is 11.1 Å². The minimum atomic E-state index is -3.41. The minimum absolute atomic E-state index is 0. The van der Waals surface area contributed by atoms with Gasteiger partial charge >= 0.3 is 0 Å². The largest absolute Gasteiger partial charge is 0.354 e. The topological polar surface area (TPSA) is 92.5 Å². The summed E-state index contributed by atoms with van der Waals surface area (Å²) in [5.41, 5.74) is 5.12. The van der Waals surface area contributed by atoms with Crippen LogP contribution in [-0.4, -0.2) is 43.8 Å². The molecule has 0 fully saturated rings. The number of thiophene rings is 1. The fraction of sp³-hybridized carbons (Fsp3) is 0.688. The van der Waals surface area contributed by atoms with Crippen molar-refractivity contribution in [1.29, 1.82) is 0 Å². The van der Waals surface area contributed by atoms with Gasteiger partial charge in [0.05, 0.1) is 5.54 Å². The molecule has 25 heavy (non-hydrogen) atoms. The molecule has 6 nitrogen and oxygen atoms in total. The number of rotatable bonds is 10. The molecule has 9 heteroatoms. The van der Waals surface area contributed by atoms with E-state index < -0.39 is 15.6 Å². The maximum Gasteiger partial charge on any atom is 0.252 e. The number of nitrogens with two attached hydrogens (primary N) is 1. The number of sulfonamides is 1. The summed E-state index contributed by atoms with van der Waals surface area (Å²) in [5.74, 6) is -0.170.